The first-order chi connectivity index (χ1) is 9.77. The molecular weight excluding hydrogens is 293 g/mol. The van der Waals surface area contributed by atoms with Crippen molar-refractivity contribution in [3.05, 3.63) is 36.3 Å². The minimum absolute atomic E-state index is 0.207. The van der Waals surface area contributed by atoms with Crippen molar-refractivity contribution in [1.82, 2.24) is 24.5 Å². The van der Waals surface area contributed by atoms with Crippen LogP contribution in [0.4, 0.5) is 4.39 Å². The number of halogens is 1. The van der Waals surface area contributed by atoms with Crippen molar-refractivity contribution in [2.24, 2.45) is 0 Å². The number of hydrogen-bond acceptors (Lipinski definition) is 4. The zero-order valence-corrected chi connectivity index (χ0v) is 13.2. The third-order valence-electron chi connectivity index (χ3n) is 2.73. The first kappa shape index (κ1) is 15.7. The molecule has 114 valence electrons. The Morgan fingerprint density at radius 3 is 2.48 bits per heavy atom. The largest absolute Gasteiger partial charge is 0.254 e. The molecule has 8 heteroatoms. The molecule has 0 aromatic carbocycles. The van der Waals surface area contributed by atoms with Crippen LogP contribution in [0.3, 0.4) is 0 Å². The van der Waals surface area contributed by atoms with Crippen LogP contribution in [-0.2, 0) is 11.0 Å². The third kappa shape index (κ3) is 3.92. The Kier molecular flexibility index (Phi) is 4.48. The van der Waals surface area contributed by atoms with Crippen molar-refractivity contribution < 1.29 is 8.60 Å². The number of nitrogens with one attached hydrogen (secondary N) is 1. The highest BCUT2D eigenvalue weighted by molar-refractivity contribution is 7.84. The molecule has 2 atom stereocenters. The van der Waals surface area contributed by atoms with Crippen molar-refractivity contribution >= 4 is 11.0 Å². The van der Waals surface area contributed by atoms with Crippen LogP contribution in [0.15, 0.2) is 24.8 Å². The Bertz CT molecular complexity index is 635. The van der Waals surface area contributed by atoms with Gasteiger partial charge in [-0.3, -0.25) is 4.98 Å². The average Bonchev–Trinajstić information content (AvgIpc) is 2.84. The van der Waals surface area contributed by atoms with Crippen LogP contribution in [0.1, 0.15) is 39.4 Å². The van der Waals surface area contributed by atoms with Gasteiger partial charge in [-0.25, -0.2) is 23.0 Å². The fourth-order valence-electron chi connectivity index (χ4n) is 1.50. The lowest BCUT2D eigenvalue weighted by molar-refractivity contribution is 0.610. The Morgan fingerprint density at radius 1 is 1.29 bits per heavy atom. The van der Waals surface area contributed by atoms with Gasteiger partial charge < -0.3 is 0 Å². The molecule has 6 nitrogen and oxygen atoms in total. The summed E-state index contributed by atoms with van der Waals surface area (Å²) in [6.07, 6.45) is 5.39. The van der Waals surface area contributed by atoms with E-state index in [2.05, 4.69) is 19.8 Å². The normalized spacial score (nSPS) is 14.9. The second-order valence-corrected chi connectivity index (χ2v) is 7.62. The molecule has 21 heavy (non-hydrogen) atoms. The predicted octanol–water partition coefficient (Wildman–Crippen LogP) is 1.91. The number of nitrogens with zero attached hydrogens (tertiary/aromatic N) is 4. The molecule has 2 aromatic heterocycles. The van der Waals surface area contributed by atoms with Gasteiger partial charge in [0.15, 0.2) is 11.6 Å². The van der Waals surface area contributed by atoms with Gasteiger partial charge in [0, 0.05) is 0 Å². The van der Waals surface area contributed by atoms with E-state index in [0.717, 1.165) is 6.20 Å². The van der Waals surface area contributed by atoms with Crippen LogP contribution < -0.4 is 4.72 Å². The minimum atomic E-state index is -1.19. The van der Waals surface area contributed by atoms with Crippen LogP contribution in [-0.4, -0.2) is 28.7 Å². The van der Waals surface area contributed by atoms with E-state index in [0.29, 0.717) is 11.5 Å². The Hall–Kier alpha value is -1.67. The molecule has 0 saturated carbocycles. The SMILES string of the molecule is C[C@H](NS(=O)C(C)(C)C)c1cnc(-n2cc(F)cn2)cn1. The highest BCUT2D eigenvalue weighted by Gasteiger charge is 2.22. The fourth-order valence-corrected chi connectivity index (χ4v) is 2.29. The second kappa shape index (κ2) is 5.98. The van der Waals surface area contributed by atoms with Gasteiger partial charge in [0.1, 0.15) is 0 Å². The zero-order valence-electron chi connectivity index (χ0n) is 12.4. The van der Waals surface area contributed by atoms with Gasteiger partial charge in [0.2, 0.25) is 0 Å². The molecule has 0 amide bonds. The maximum absolute atomic E-state index is 12.9. The van der Waals surface area contributed by atoms with Gasteiger partial charge in [0.25, 0.3) is 0 Å². The van der Waals surface area contributed by atoms with Gasteiger partial charge in [0.05, 0.1) is 52.3 Å². The molecule has 0 saturated heterocycles. The molecule has 2 aromatic rings. The van der Waals surface area contributed by atoms with E-state index in [1.54, 1.807) is 6.20 Å². The molecule has 0 aliphatic rings. The number of hydrogen-bond donors (Lipinski definition) is 1. The van der Waals surface area contributed by atoms with Crippen LogP contribution in [0.2, 0.25) is 0 Å². The van der Waals surface area contributed by atoms with Crippen molar-refractivity contribution in [2.75, 3.05) is 0 Å². The molecule has 0 aliphatic carbocycles. The summed E-state index contributed by atoms with van der Waals surface area (Å²) in [5.41, 5.74) is 0.656. The Labute approximate surface area is 125 Å². The van der Waals surface area contributed by atoms with E-state index in [1.807, 2.05) is 27.7 Å². The summed E-state index contributed by atoms with van der Waals surface area (Å²) in [7, 11) is -1.19. The molecule has 0 fully saturated rings. The monoisotopic (exact) mass is 311 g/mol. The summed E-state index contributed by atoms with van der Waals surface area (Å²) >= 11 is 0. The van der Waals surface area contributed by atoms with Crippen LogP contribution in [0, 0.1) is 5.82 Å². The zero-order chi connectivity index (χ0) is 15.6. The Morgan fingerprint density at radius 2 is 2.00 bits per heavy atom. The Balaban J connectivity index is 2.10. The van der Waals surface area contributed by atoms with E-state index < -0.39 is 16.8 Å². The number of aromatic nitrogens is 4. The predicted molar refractivity (Wildman–Crippen MR) is 78.6 cm³/mol. The van der Waals surface area contributed by atoms with Crippen molar-refractivity contribution in [1.29, 1.82) is 0 Å². The fraction of sp³-hybridized carbons (Fsp3) is 0.462. The minimum Gasteiger partial charge on any atom is -0.254 e. The molecule has 2 heterocycles. The first-order valence-electron chi connectivity index (χ1n) is 6.48. The van der Waals surface area contributed by atoms with Crippen LogP contribution in [0.5, 0.6) is 0 Å². The lowest BCUT2D eigenvalue weighted by atomic mass is 10.3. The molecule has 0 aliphatic heterocycles. The maximum Gasteiger partial charge on any atom is 0.171 e. The van der Waals surface area contributed by atoms with E-state index in [9.17, 15) is 8.60 Å². The van der Waals surface area contributed by atoms with Gasteiger partial charge in [-0.05, 0) is 27.7 Å². The second-order valence-electron chi connectivity index (χ2n) is 5.62. The molecular formula is C13H18FN5OS. The highest BCUT2D eigenvalue weighted by atomic mass is 32.2. The van der Waals surface area contributed by atoms with Gasteiger partial charge in [-0.15, -0.1) is 0 Å². The van der Waals surface area contributed by atoms with Crippen molar-refractivity contribution in [3.8, 4) is 5.82 Å². The summed E-state index contributed by atoms with van der Waals surface area (Å²) in [4.78, 5) is 8.44. The highest BCUT2D eigenvalue weighted by Crippen LogP contribution is 2.15. The van der Waals surface area contributed by atoms with Crippen molar-refractivity contribution in [3.63, 3.8) is 0 Å². The summed E-state index contributed by atoms with van der Waals surface area (Å²) in [5.74, 6) is -0.0109. The van der Waals surface area contributed by atoms with Crippen LogP contribution >= 0.6 is 0 Å². The van der Waals surface area contributed by atoms with E-state index >= 15 is 0 Å². The molecule has 2 rings (SSSR count). The number of rotatable bonds is 4. The van der Waals surface area contributed by atoms with E-state index in [4.69, 9.17) is 0 Å². The van der Waals surface area contributed by atoms with Crippen LogP contribution in [0.25, 0.3) is 5.82 Å². The molecule has 1 N–H and O–H groups in total. The summed E-state index contributed by atoms with van der Waals surface area (Å²) in [6.45, 7) is 7.54. The molecule has 1 unspecified atom stereocenters. The third-order valence-corrected chi connectivity index (χ3v) is 4.41. The summed E-state index contributed by atoms with van der Waals surface area (Å²) in [5, 5.41) is 3.82. The smallest absolute Gasteiger partial charge is 0.171 e. The van der Waals surface area contributed by atoms with E-state index in [1.165, 1.54) is 17.1 Å². The quantitative estimate of drug-likeness (QED) is 0.936. The van der Waals surface area contributed by atoms with Gasteiger partial charge in [-0.2, -0.15) is 5.10 Å². The lowest BCUT2D eigenvalue weighted by Crippen LogP contribution is -2.35. The summed E-state index contributed by atoms with van der Waals surface area (Å²) in [6, 6.07) is -0.207. The molecule has 0 spiro atoms. The first-order valence-corrected chi connectivity index (χ1v) is 7.63. The average molecular weight is 311 g/mol. The maximum atomic E-state index is 12.9. The topological polar surface area (TPSA) is 72.7 Å². The molecule has 0 bridgehead atoms. The standard InChI is InChI=1S/C13H18FN5OS/c1-9(18-21(20)13(2,3)4)11-6-16-12(7-15-11)19-8-10(14)5-17-19/h5-9,18H,1-4H3/t9-,21?/m0/s1. The van der Waals surface area contributed by atoms with Crippen molar-refractivity contribution in [2.45, 2.75) is 38.5 Å². The van der Waals surface area contributed by atoms with E-state index in [-0.39, 0.29) is 10.8 Å². The molecule has 0 radical (unpaired) electrons. The lowest BCUT2D eigenvalue weighted by Gasteiger charge is -2.21. The summed E-state index contributed by atoms with van der Waals surface area (Å²) < 4.78 is 28.9. The van der Waals surface area contributed by atoms with Gasteiger partial charge >= 0.3 is 0 Å². The van der Waals surface area contributed by atoms with Gasteiger partial charge in [-0.1, -0.05) is 0 Å².